The predicted molar refractivity (Wildman–Crippen MR) is 173 cm³/mol. The Morgan fingerprint density at radius 1 is 1.07 bits per heavy atom. The van der Waals surface area contributed by atoms with Crippen molar-refractivity contribution in [2.75, 3.05) is 10.2 Å². The van der Waals surface area contributed by atoms with Crippen LogP contribution in [0, 0.1) is 0 Å². The molecule has 0 saturated carbocycles. The fourth-order valence-electron chi connectivity index (χ4n) is 4.74. The maximum atomic E-state index is 12.8. The van der Waals surface area contributed by atoms with Crippen molar-refractivity contribution in [1.29, 1.82) is 0 Å². The number of alkyl halides is 1. The van der Waals surface area contributed by atoms with E-state index in [9.17, 15) is 19.5 Å². The van der Waals surface area contributed by atoms with E-state index < -0.39 is 23.2 Å². The Hall–Kier alpha value is -4.39. The second kappa shape index (κ2) is 13.3. The minimum Gasteiger partial charge on any atom is -0.465 e. The Balaban J connectivity index is 1.88. The van der Waals surface area contributed by atoms with Gasteiger partial charge in [0.05, 0.1) is 23.9 Å². The summed E-state index contributed by atoms with van der Waals surface area (Å²) in [5.41, 5.74) is 0.393. The topological polar surface area (TPSA) is 154 Å². The number of amides is 1. The van der Waals surface area contributed by atoms with E-state index in [1.54, 1.807) is 51.4 Å². The minimum absolute atomic E-state index is 0.00942. The molecule has 0 aliphatic heterocycles. The first-order chi connectivity index (χ1) is 21.1. The number of aryl methyl sites for hydroxylation is 1. The molecule has 238 valence electrons. The summed E-state index contributed by atoms with van der Waals surface area (Å²) in [6.45, 7) is 12.2. The van der Waals surface area contributed by atoms with Gasteiger partial charge in [0.25, 0.3) is 11.4 Å². The van der Waals surface area contributed by atoms with Gasteiger partial charge < -0.3 is 18.8 Å². The first-order valence-electron chi connectivity index (χ1n) is 14.4. The van der Waals surface area contributed by atoms with Crippen LogP contribution in [0.15, 0.2) is 58.0 Å². The molecule has 4 rings (SSSR count). The number of halogens is 1. The molecule has 3 heterocycles. The molecule has 0 spiro atoms. The number of anilines is 1. The van der Waals surface area contributed by atoms with Crippen molar-refractivity contribution in [3.8, 4) is 34.3 Å². The molecule has 0 aliphatic rings. The second-order valence-electron chi connectivity index (χ2n) is 12.4. The van der Waals surface area contributed by atoms with Gasteiger partial charge in [-0.25, -0.2) is 14.8 Å². The zero-order chi connectivity index (χ0) is 33.1. The Labute approximate surface area is 269 Å². The van der Waals surface area contributed by atoms with Crippen molar-refractivity contribution >= 4 is 33.8 Å². The normalized spacial score (nSPS) is 11.9. The number of carboxylic acid groups (broad SMARTS) is 1. The largest absolute Gasteiger partial charge is 0.465 e. The molecule has 0 atom stereocenters. The summed E-state index contributed by atoms with van der Waals surface area (Å²) in [4.78, 5) is 48.3. The molecule has 3 aromatic heterocycles. The molecule has 1 aromatic carbocycles. The molecule has 1 amide bonds. The van der Waals surface area contributed by atoms with Crippen molar-refractivity contribution < 1.29 is 23.8 Å². The number of rotatable bonds is 10. The number of nitrogens with zero attached hydrogens (tertiary/aromatic N) is 6. The summed E-state index contributed by atoms with van der Waals surface area (Å²) in [7, 11) is 0. The molecule has 4 aromatic rings. The number of ether oxygens (including phenoxy) is 1. The zero-order valence-corrected chi connectivity index (χ0v) is 28.0. The van der Waals surface area contributed by atoms with Crippen molar-refractivity contribution in [2.45, 2.75) is 78.5 Å². The Morgan fingerprint density at radius 2 is 1.78 bits per heavy atom. The number of carbonyl (C=O) groups is 2. The second-order valence-corrected chi connectivity index (χ2v) is 13.2. The smallest absolute Gasteiger partial charge is 0.413 e. The predicted octanol–water partition coefficient (Wildman–Crippen LogP) is 6.54. The van der Waals surface area contributed by atoms with Crippen LogP contribution in [0.1, 0.15) is 66.5 Å². The average Bonchev–Trinajstić information content (AvgIpc) is 3.42. The summed E-state index contributed by atoms with van der Waals surface area (Å²) < 4.78 is 13.1. The van der Waals surface area contributed by atoms with Gasteiger partial charge in [0, 0.05) is 34.8 Å². The third-order valence-electron chi connectivity index (χ3n) is 6.73. The first kappa shape index (κ1) is 33.5. The van der Waals surface area contributed by atoms with Crippen molar-refractivity contribution in [3.05, 3.63) is 64.7 Å². The van der Waals surface area contributed by atoms with Gasteiger partial charge >= 0.3 is 12.1 Å². The van der Waals surface area contributed by atoms with Gasteiger partial charge in [0.2, 0.25) is 5.89 Å². The van der Waals surface area contributed by atoms with E-state index in [1.807, 2.05) is 38.1 Å². The fourth-order valence-corrected chi connectivity index (χ4v) is 5.20. The van der Waals surface area contributed by atoms with Crippen molar-refractivity contribution in [2.24, 2.45) is 0 Å². The first-order valence-corrected chi connectivity index (χ1v) is 15.6. The molecule has 0 saturated heterocycles. The lowest BCUT2D eigenvalue weighted by molar-refractivity contribution is -0.155. The van der Waals surface area contributed by atoms with Gasteiger partial charge in [-0.1, -0.05) is 28.1 Å². The van der Waals surface area contributed by atoms with Crippen LogP contribution in [0.3, 0.4) is 0 Å². The lowest BCUT2D eigenvalue weighted by Crippen LogP contribution is -2.50. The third-order valence-corrected chi connectivity index (χ3v) is 7.13. The summed E-state index contributed by atoms with van der Waals surface area (Å²) in [6.07, 6.45) is 2.22. The molecule has 12 nitrogen and oxygen atoms in total. The molecule has 1 N–H and O–H groups in total. The number of esters is 1. The van der Waals surface area contributed by atoms with E-state index >= 15 is 0 Å². The standard InChI is InChI=1S/C32H37BrN6O6/c1-19(2)38-18-22(11-12-24(38)40)23-17-34-27(39(30(42)43)32(6,7)16-25(41)45-31(3,4)5)26(35-23)29-37-36-28(44-29)21-10-8-9-20(15-21)13-14-33/h8-12,15,17-19H,13-14,16H2,1-7H3,(H,42,43). The molecule has 45 heavy (non-hydrogen) atoms. The lowest BCUT2D eigenvalue weighted by atomic mass is 9.97. The highest BCUT2D eigenvalue weighted by atomic mass is 79.9. The maximum absolute atomic E-state index is 12.8. The van der Waals surface area contributed by atoms with Crippen molar-refractivity contribution in [1.82, 2.24) is 24.7 Å². The summed E-state index contributed by atoms with van der Waals surface area (Å²) in [6, 6.07) is 10.6. The van der Waals surface area contributed by atoms with E-state index in [4.69, 9.17) is 14.1 Å². The number of hydrogen-bond acceptors (Lipinski definition) is 9. The van der Waals surface area contributed by atoms with Crippen LogP contribution in [-0.4, -0.2) is 58.4 Å². The monoisotopic (exact) mass is 680 g/mol. The summed E-state index contributed by atoms with van der Waals surface area (Å²) in [5.74, 6) is -0.552. The fraction of sp³-hybridized carbons (Fsp3) is 0.406. The van der Waals surface area contributed by atoms with Crippen LogP contribution in [0.4, 0.5) is 10.6 Å². The van der Waals surface area contributed by atoms with Crippen LogP contribution in [0.25, 0.3) is 34.3 Å². The van der Waals surface area contributed by atoms with Crippen LogP contribution in [0.5, 0.6) is 0 Å². The van der Waals surface area contributed by atoms with Gasteiger partial charge in [0.15, 0.2) is 11.5 Å². The third kappa shape index (κ3) is 8.01. The number of aromatic nitrogens is 5. The van der Waals surface area contributed by atoms with Crippen LogP contribution < -0.4 is 10.5 Å². The SMILES string of the molecule is CC(C)n1cc(-c2cnc(N(C(=O)O)C(C)(C)CC(=O)OC(C)(C)C)c(-c3nnc(-c4cccc(CCBr)c4)o3)n2)ccc1=O. The zero-order valence-electron chi connectivity index (χ0n) is 26.4. The van der Waals surface area contributed by atoms with E-state index in [-0.39, 0.29) is 41.3 Å². The van der Waals surface area contributed by atoms with E-state index in [0.717, 1.165) is 22.2 Å². The maximum Gasteiger partial charge on any atom is 0.413 e. The van der Waals surface area contributed by atoms with Crippen molar-refractivity contribution in [3.63, 3.8) is 0 Å². The molecular formula is C32H37BrN6O6. The highest BCUT2D eigenvalue weighted by Gasteiger charge is 2.39. The molecule has 0 aliphatic carbocycles. The van der Waals surface area contributed by atoms with E-state index in [1.165, 1.54) is 12.3 Å². The molecule has 13 heteroatoms. The van der Waals surface area contributed by atoms with Gasteiger partial charge in [-0.05, 0) is 78.6 Å². The molecule has 0 radical (unpaired) electrons. The number of benzene rings is 1. The molecule has 0 unspecified atom stereocenters. The van der Waals surface area contributed by atoms with Gasteiger partial charge in [0.1, 0.15) is 5.60 Å². The summed E-state index contributed by atoms with van der Waals surface area (Å²) >= 11 is 3.45. The van der Waals surface area contributed by atoms with E-state index in [2.05, 4.69) is 31.1 Å². The molecule has 0 bridgehead atoms. The van der Waals surface area contributed by atoms with Crippen LogP contribution in [0.2, 0.25) is 0 Å². The summed E-state index contributed by atoms with van der Waals surface area (Å²) in [5, 5.41) is 19.7. The Bertz CT molecular complexity index is 1760. The molecular weight excluding hydrogens is 644 g/mol. The number of pyridine rings is 1. The van der Waals surface area contributed by atoms with Gasteiger partial charge in [-0.15, -0.1) is 10.2 Å². The Morgan fingerprint density at radius 3 is 2.42 bits per heavy atom. The Kier molecular flexibility index (Phi) is 9.91. The van der Waals surface area contributed by atoms with Crippen LogP contribution in [-0.2, 0) is 16.0 Å². The average molecular weight is 682 g/mol. The van der Waals surface area contributed by atoms with Gasteiger partial charge in [-0.3, -0.25) is 14.5 Å². The number of hydrogen-bond donors (Lipinski definition) is 1. The minimum atomic E-state index is -1.37. The highest BCUT2D eigenvalue weighted by Crippen LogP contribution is 2.36. The molecule has 0 fully saturated rings. The quantitative estimate of drug-likeness (QED) is 0.144. The number of carbonyl (C=O) groups excluding carboxylic acids is 1. The highest BCUT2D eigenvalue weighted by molar-refractivity contribution is 9.09. The van der Waals surface area contributed by atoms with E-state index in [0.29, 0.717) is 16.8 Å². The lowest BCUT2D eigenvalue weighted by Gasteiger charge is -2.36. The van der Waals surface area contributed by atoms with Gasteiger partial charge in [-0.2, -0.15) is 0 Å². The van der Waals surface area contributed by atoms with Crippen LogP contribution >= 0.6 is 15.9 Å².